The van der Waals surface area contributed by atoms with Crippen molar-refractivity contribution in [1.82, 2.24) is 24.9 Å². The fraction of sp³-hybridized carbons (Fsp3) is 0.353. The number of anilines is 1. The number of pyridine rings is 1. The maximum atomic E-state index is 4.74. The van der Waals surface area contributed by atoms with Gasteiger partial charge < -0.3 is 10.6 Å². The summed E-state index contributed by atoms with van der Waals surface area (Å²) < 4.78 is 1.85. The molecule has 118 valence electrons. The fourth-order valence-electron chi connectivity index (χ4n) is 3.07. The molecular weight excluding hydrogens is 288 g/mol. The molecule has 3 aromatic rings. The van der Waals surface area contributed by atoms with Gasteiger partial charge in [0.25, 0.3) is 0 Å². The van der Waals surface area contributed by atoms with E-state index in [1.165, 1.54) is 6.42 Å². The third-order valence-corrected chi connectivity index (χ3v) is 4.50. The Labute approximate surface area is 135 Å². The van der Waals surface area contributed by atoms with Crippen molar-refractivity contribution in [3.8, 4) is 11.3 Å². The molecule has 0 aliphatic carbocycles. The Bertz CT molecular complexity index is 811. The zero-order chi connectivity index (χ0) is 15.6. The molecule has 6 heteroatoms. The lowest BCUT2D eigenvalue weighted by molar-refractivity contribution is 0.366. The molecule has 0 saturated carbocycles. The van der Waals surface area contributed by atoms with Gasteiger partial charge in [0.2, 0.25) is 0 Å². The van der Waals surface area contributed by atoms with Crippen molar-refractivity contribution in [2.24, 2.45) is 5.92 Å². The zero-order valence-corrected chi connectivity index (χ0v) is 13.1. The standard InChI is InChI=1S/C17H20N6/c1-12-5-6-18-9-14(12)21-17-11-19-10-15(22-17)13-8-20-23-7-3-2-4-16(13)23/h2-4,7-8,10-12,14,18H,5-6,9H2,1H3,(H,21,22)/t12-,14+/m1/s1. The Kier molecular flexibility index (Phi) is 3.67. The van der Waals surface area contributed by atoms with Crippen LogP contribution in [0.15, 0.2) is 43.0 Å². The van der Waals surface area contributed by atoms with Crippen molar-refractivity contribution in [2.75, 3.05) is 18.4 Å². The van der Waals surface area contributed by atoms with Gasteiger partial charge in [0.05, 0.1) is 29.8 Å². The molecule has 0 bridgehead atoms. The molecule has 0 spiro atoms. The van der Waals surface area contributed by atoms with Gasteiger partial charge in [-0.2, -0.15) is 5.10 Å². The first-order chi connectivity index (χ1) is 11.3. The largest absolute Gasteiger partial charge is 0.364 e. The Hall–Kier alpha value is -2.47. The molecule has 1 aliphatic rings. The topological polar surface area (TPSA) is 67.1 Å². The van der Waals surface area contributed by atoms with Crippen LogP contribution in [0.3, 0.4) is 0 Å². The molecule has 1 fully saturated rings. The van der Waals surface area contributed by atoms with Gasteiger partial charge in [0.1, 0.15) is 5.82 Å². The molecule has 6 nitrogen and oxygen atoms in total. The van der Waals surface area contributed by atoms with Gasteiger partial charge in [0, 0.05) is 24.3 Å². The van der Waals surface area contributed by atoms with Crippen molar-refractivity contribution in [3.05, 3.63) is 43.0 Å². The summed E-state index contributed by atoms with van der Waals surface area (Å²) in [5.41, 5.74) is 2.87. The normalized spacial score (nSPS) is 21.4. The van der Waals surface area contributed by atoms with Crippen LogP contribution in [0.1, 0.15) is 13.3 Å². The van der Waals surface area contributed by atoms with Gasteiger partial charge in [-0.15, -0.1) is 0 Å². The van der Waals surface area contributed by atoms with Crippen LogP contribution in [-0.4, -0.2) is 38.7 Å². The van der Waals surface area contributed by atoms with E-state index in [-0.39, 0.29) is 0 Å². The van der Waals surface area contributed by atoms with Gasteiger partial charge >= 0.3 is 0 Å². The minimum Gasteiger partial charge on any atom is -0.364 e. The number of fused-ring (bicyclic) bond motifs is 1. The van der Waals surface area contributed by atoms with Crippen molar-refractivity contribution in [1.29, 1.82) is 0 Å². The van der Waals surface area contributed by atoms with Gasteiger partial charge in [-0.3, -0.25) is 4.98 Å². The summed E-state index contributed by atoms with van der Waals surface area (Å²) in [6, 6.07) is 6.39. The number of hydrogen-bond acceptors (Lipinski definition) is 5. The van der Waals surface area contributed by atoms with Gasteiger partial charge in [-0.25, -0.2) is 9.50 Å². The SMILES string of the molecule is C[C@@H]1CCNC[C@@H]1Nc1cncc(-c2cnn3ccccc23)n1. The zero-order valence-electron chi connectivity index (χ0n) is 13.1. The molecule has 0 aromatic carbocycles. The van der Waals surface area contributed by atoms with Crippen LogP contribution >= 0.6 is 0 Å². The first-order valence-electron chi connectivity index (χ1n) is 8.03. The van der Waals surface area contributed by atoms with Crippen molar-refractivity contribution < 1.29 is 0 Å². The first-order valence-corrected chi connectivity index (χ1v) is 8.03. The van der Waals surface area contributed by atoms with E-state index in [0.717, 1.165) is 35.7 Å². The van der Waals surface area contributed by atoms with E-state index < -0.39 is 0 Å². The van der Waals surface area contributed by atoms with Gasteiger partial charge in [0.15, 0.2) is 0 Å². The highest BCUT2D eigenvalue weighted by Gasteiger charge is 2.21. The number of piperidine rings is 1. The van der Waals surface area contributed by atoms with Crippen LogP contribution in [0.4, 0.5) is 5.82 Å². The highest BCUT2D eigenvalue weighted by Crippen LogP contribution is 2.23. The highest BCUT2D eigenvalue weighted by atomic mass is 15.2. The lowest BCUT2D eigenvalue weighted by Crippen LogP contribution is -2.44. The Morgan fingerprint density at radius 1 is 1.26 bits per heavy atom. The van der Waals surface area contributed by atoms with E-state index in [1.54, 1.807) is 12.4 Å². The quantitative estimate of drug-likeness (QED) is 0.776. The fourth-order valence-corrected chi connectivity index (χ4v) is 3.07. The van der Waals surface area contributed by atoms with Crippen LogP contribution in [0.2, 0.25) is 0 Å². The maximum absolute atomic E-state index is 4.74. The maximum Gasteiger partial charge on any atom is 0.145 e. The van der Waals surface area contributed by atoms with E-state index >= 15 is 0 Å². The summed E-state index contributed by atoms with van der Waals surface area (Å²) in [6.45, 7) is 4.33. The smallest absolute Gasteiger partial charge is 0.145 e. The lowest BCUT2D eigenvalue weighted by atomic mass is 9.95. The molecule has 2 atom stereocenters. The van der Waals surface area contributed by atoms with Gasteiger partial charge in [-0.05, 0) is 31.0 Å². The molecule has 0 radical (unpaired) electrons. The van der Waals surface area contributed by atoms with Crippen LogP contribution in [0.5, 0.6) is 0 Å². The average molecular weight is 308 g/mol. The summed E-state index contributed by atoms with van der Waals surface area (Å²) in [6.07, 6.45) is 8.53. The predicted octanol–water partition coefficient (Wildman–Crippen LogP) is 2.20. The van der Waals surface area contributed by atoms with E-state index in [1.807, 2.05) is 35.1 Å². The third-order valence-electron chi connectivity index (χ3n) is 4.50. The minimum atomic E-state index is 0.386. The minimum absolute atomic E-state index is 0.386. The number of hydrogen-bond donors (Lipinski definition) is 2. The van der Waals surface area contributed by atoms with Gasteiger partial charge in [-0.1, -0.05) is 13.0 Å². The second-order valence-corrected chi connectivity index (χ2v) is 6.10. The molecule has 23 heavy (non-hydrogen) atoms. The van der Waals surface area contributed by atoms with Crippen LogP contribution in [0, 0.1) is 5.92 Å². The second kappa shape index (κ2) is 5.96. The van der Waals surface area contributed by atoms with E-state index in [2.05, 4.69) is 27.6 Å². The van der Waals surface area contributed by atoms with Crippen LogP contribution < -0.4 is 10.6 Å². The molecule has 4 heterocycles. The Balaban J connectivity index is 1.63. The monoisotopic (exact) mass is 308 g/mol. The number of aromatic nitrogens is 4. The number of nitrogens with one attached hydrogen (secondary N) is 2. The summed E-state index contributed by atoms with van der Waals surface area (Å²) >= 11 is 0. The summed E-state index contributed by atoms with van der Waals surface area (Å²) in [7, 11) is 0. The lowest BCUT2D eigenvalue weighted by Gasteiger charge is -2.30. The van der Waals surface area contributed by atoms with Crippen LogP contribution in [0.25, 0.3) is 16.8 Å². The number of nitrogens with zero attached hydrogens (tertiary/aromatic N) is 4. The Morgan fingerprint density at radius 2 is 2.22 bits per heavy atom. The molecule has 1 aliphatic heterocycles. The van der Waals surface area contributed by atoms with E-state index in [0.29, 0.717) is 12.0 Å². The molecule has 1 saturated heterocycles. The Morgan fingerprint density at radius 3 is 3.13 bits per heavy atom. The number of rotatable bonds is 3. The predicted molar refractivity (Wildman–Crippen MR) is 90.3 cm³/mol. The molecule has 2 N–H and O–H groups in total. The average Bonchev–Trinajstić information content (AvgIpc) is 3.01. The highest BCUT2D eigenvalue weighted by molar-refractivity contribution is 5.77. The molecular formula is C17H20N6. The van der Waals surface area contributed by atoms with Crippen molar-refractivity contribution >= 4 is 11.3 Å². The molecule has 4 rings (SSSR count). The molecule has 3 aromatic heterocycles. The molecule has 0 amide bonds. The van der Waals surface area contributed by atoms with Crippen molar-refractivity contribution in [2.45, 2.75) is 19.4 Å². The van der Waals surface area contributed by atoms with Crippen molar-refractivity contribution in [3.63, 3.8) is 0 Å². The first kappa shape index (κ1) is 14.1. The summed E-state index contributed by atoms with van der Waals surface area (Å²) in [5.74, 6) is 1.44. The molecule has 0 unspecified atom stereocenters. The van der Waals surface area contributed by atoms with E-state index in [9.17, 15) is 0 Å². The summed E-state index contributed by atoms with van der Waals surface area (Å²) in [5, 5.41) is 11.3. The van der Waals surface area contributed by atoms with E-state index in [4.69, 9.17) is 4.98 Å². The second-order valence-electron chi connectivity index (χ2n) is 6.10. The van der Waals surface area contributed by atoms with Crippen LogP contribution in [-0.2, 0) is 0 Å². The summed E-state index contributed by atoms with van der Waals surface area (Å²) in [4.78, 5) is 9.09. The third kappa shape index (κ3) is 2.77.